The number of benzene rings is 2. The molecule has 0 saturated carbocycles. The molecule has 0 amide bonds. The Morgan fingerprint density at radius 1 is 0.515 bits per heavy atom. The summed E-state index contributed by atoms with van der Waals surface area (Å²) >= 11 is 1.64. The second-order valence-corrected chi connectivity index (χ2v) is 31.7. The lowest BCUT2D eigenvalue weighted by Crippen LogP contribution is -2.43. The van der Waals surface area contributed by atoms with Crippen molar-refractivity contribution in [3.63, 3.8) is 0 Å². The van der Waals surface area contributed by atoms with E-state index >= 15 is 0 Å². The van der Waals surface area contributed by atoms with Gasteiger partial charge in [-0.1, -0.05) is 76.1 Å². The van der Waals surface area contributed by atoms with E-state index < -0.39 is 34.6 Å². The molecule has 12 aromatic rings. The quantitative estimate of drug-likeness (QED) is 0.0963. The number of nitrogens with zero attached hydrogens (tertiary/aromatic N) is 13. The predicted octanol–water partition coefficient (Wildman–Crippen LogP) is 14.7. The number of rotatable bonds is 15. The third kappa shape index (κ3) is 14.5. The van der Waals surface area contributed by atoms with Crippen molar-refractivity contribution in [2.24, 2.45) is 0 Å². The Labute approximate surface area is 584 Å². The highest BCUT2D eigenvalue weighted by atomic mass is 32.2. The van der Waals surface area contributed by atoms with Gasteiger partial charge in [0, 0.05) is 76.6 Å². The molecular weight excluding hydrogens is 1310 g/mol. The largest absolute Gasteiger partial charge is 0.354 e. The zero-order chi connectivity index (χ0) is 69.7. The van der Waals surface area contributed by atoms with Gasteiger partial charge in [0.1, 0.15) is 49.1 Å². The van der Waals surface area contributed by atoms with Crippen LogP contribution >= 0.6 is 11.3 Å². The van der Waals surface area contributed by atoms with Crippen LogP contribution < -0.4 is 10.6 Å². The Morgan fingerprint density at radius 2 is 0.939 bits per heavy atom. The molecule has 0 radical (unpaired) electrons. The normalized spacial score (nSPS) is 14.3. The van der Waals surface area contributed by atoms with Crippen molar-refractivity contribution < 1.29 is 36.1 Å². The third-order valence-electron chi connectivity index (χ3n) is 18.3. The van der Waals surface area contributed by atoms with E-state index in [9.17, 15) is 22.1 Å². The molecule has 25 heteroatoms. The van der Waals surface area contributed by atoms with Crippen LogP contribution in [0.4, 0.5) is 0 Å². The van der Waals surface area contributed by atoms with E-state index in [1.165, 1.54) is 11.8 Å². The van der Waals surface area contributed by atoms with E-state index in [1.807, 2.05) is 123 Å². The standard InChI is InChI=1S/C27H29N5O3S.C24H22N6OS.C23H22N4O3S.4H2/c1-18-26(24-16-22(32-35-24)19-7-5-4-6-8-19)31-23(17-30-18)20-9-14-29-25(15-20)27(2,3)36(33,34)21-10-12-28-13-11-21;1-15-4-10-32-23(15)18-12-20(31-30-18)22-16(2)28-13-19(29-22)17-3-7-27-21(11-17)24(14-25)5-8-26-9-6-24;1-15-22(20-13-18(27-30-20)16-8-6-5-7-9-16)26-19(14-25-15)17-10-11-24-21(12-17)23(2,3)31(4,28)29;;;;/h4-9,14-17,21,28H,10-13H2,1-3H3;3-4,7,10-13,26H,5-6,8-9H2,1-2H3;5-14H,1-4H3;4*1H. The Morgan fingerprint density at radius 3 is 1.38 bits per heavy atom. The first-order chi connectivity index (χ1) is 47.5. The summed E-state index contributed by atoms with van der Waals surface area (Å²) in [5, 5.41) is 30.8. The van der Waals surface area contributed by atoms with Crippen molar-refractivity contribution in [1.82, 2.24) is 71.0 Å². The van der Waals surface area contributed by atoms with Crippen molar-refractivity contribution in [3.8, 4) is 107 Å². The second kappa shape index (κ2) is 28.7. The van der Waals surface area contributed by atoms with Crippen LogP contribution in [0.5, 0.6) is 0 Å². The molecule has 2 saturated heterocycles. The summed E-state index contributed by atoms with van der Waals surface area (Å²) in [6, 6.07) is 40.7. The molecule has 0 spiro atoms. The first kappa shape index (κ1) is 68.7. The van der Waals surface area contributed by atoms with E-state index in [1.54, 1.807) is 94.4 Å². The van der Waals surface area contributed by atoms with E-state index in [-0.39, 0.29) is 11.0 Å². The fraction of sp³-hybridized carbons (Fsp3) is 0.284. The van der Waals surface area contributed by atoms with Gasteiger partial charge < -0.3 is 24.2 Å². The molecule has 2 aliphatic heterocycles. The Hall–Kier alpha value is -10.2. The number of piperidine rings is 2. The summed E-state index contributed by atoms with van der Waals surface area (Å²) < 4.78 is 66.1. The predicted molar refractivity (Wildman–Crippen MR) is 389 cm³/mol. The topological polar surface area (TPSA) is 310 Å². The lowest BCUT2D eigenvalue weighted by atomic mass is 9.77. The highest BCUT2D eigenvalue weighted by Gasteiger charge is 2.44. The van der Waals surface area contributed by atoms with Crippen molar-refractivity contribution >= 4 is 31.0 Å². The maximum Gasteiger partial charge on any atom is 0.187 e. The van der Waals surface area contributed by atoms with Gasteiger partial charge in [-0.05, 0) is 161 Å². The highest BCUT2D eigenvalue weighted by Crippen LogP contribution is 2.39. The summed E-state index contributed by atoms with van der Waals surface area (Å²) in [6.45, 7) is 17.5. The van der Waals surface area contributed by atoms with Gasteiger partial charge in [0.05, 0.1) is 86.0 Å². The molecule has 14 rings (SSSR count). The smallest absolute Gasteiger partial charge is 0.187 e. The van der Waals surface area contributed by atoms with E-state index in [0.29, 0.717) is 112 Å². The van der Waals surface area contributed by atoms with Crippen LogP contribution in [-0.2, 0) is 34.6 Å². The number of nitriles is 1. The highest BCUT2D eigenvalue weighted by molar-refractivity contribution is 7.93. The van der Waals surface area contributed by atoms with Crippen molar-refractivity contribution in [3.05, 3.63) is 204 Å². The zero-order valence-corrected chi connectivity index (χ0v) is 58.7. The Kier molecular flexibility index (Phi) is 19.9. The minimum Gasteiger partial charge on any atom is -0.354 e. The molecule has 22 nitrogen and oxygen atoms in total. The first-order valence-electron chi connectivity index (χ1n) is 32.3. The molecule has 2 aromatic carbocycles. The average Bonchev–Trinajstić information content (AvgIpc) is 1.63. The van der Waals surface area contributed by atoms with E-state index in [2.05, 4.69) is 75.1 Å². The number of hydrogen-bond acceptors (Lipinski definition) is 23. The number of nitrogens with one attached hydrogen (secondary N) is 2. The fourth-order valence-corrected chi connectivity index (χ4v) is 15.1. The second-order valence-electron chi connectivity index (χ2n) is 25.5. The van der Waals surface area contributed by atoms with Crippen LogP contribution in [0.1, 0.15) is 98.8 Å². The monoisotopic (exact) mass is 1390 g/mol. The number of pyridine rings is 3. The van der Waals surface area contributed by atoms with Crippen LogP contribution in [0.25, 0.3) is 101 Å². The Balaban J connectivity index is 0.000000193. The summed E-state index contributed by atoms with van der Waals surface area (Å²) in [6.07, 6.45) is 14.0. The van der Waals surface area contributed by atoms with Crippen molar-refractivity contribution in [2.75, 3.05) is 32.4 Å². The minimum atomic E-state index is -3.46. The van der Waals surface area contributed by atoms with Crippen molar-refractivity contribution in [1.29, 1.82) is 5.26 Å². The van der Waals surface area contributed by atoms with Crippen LogP contribution in [0, 0.1) is 39.0 Å². The van der Waals surface area contributed by atoms with Crippen LogP contribution in [-0.4, -0.2) is 115 Å². The van der Waals surface area contributed by atoms with Gasteiger partial charge in [-0.2, -0.15) is 5.26 Å². The number of aryl methyl sites for hydroxylation is 4. The molecule has 2 fully saturated rings. The number of sulfone groups is 2. The molecule has 2 N–H and O–H groups in total. The molecule has 0 aliphatic carbocycles. The van der Waals surface area contributed by atoms with Crippen molar-refractivity contribution in [2.45, 2.75) is 101 Å². The summed E-state index contributed by atoms with van der Waals surface area (Å²) in [4.78, 5) is 42.3. The van der Waals surface area contributed by atoms with Gasteiger partial charge in [0.2, 0.25) is 0 Å². The first-order valence-corrected chi connectivity index (χ1v) is 36.6. The summed E-state index contributed by atoms with van der Waals surface area (Å²) in [5.41, 5.74) is 14.7. The lowest BCUT2D eigenvalue weighted by molar-refractivity contribution is 0.375. The molecule has 0 bridgehead atoms. The summed E-state index contributed by atoms with van der Waals surface area (Å²) in [5.74, 6) is 1.61. The molecule has 0 atom stereocenters. The van der Waals surface area contributed by atoms with Crippen LogP contribution in [0.3, 0.4) is 0 Å². The summed E-state index contributed by atoms with van der Waals surface area (Å²) in [7, 11) is -6.81. The molecule has 0 unspecified atom stereocenters. The zero-order valence-electron chi connectivity index (χ0n) is 56.2. The SMILES string of the molecule is Cc1ccsc1-c1cc(-c2nc(-c3ccnc(C4(C#N)CCNCC4)c3)cnc2C)on1.Cc1ncc(-c2ccnc(C(C)(C)S(=O)(=O)C3CCNCC3)c2)nc1-c1cc(-c2ccccc2)no1.Cc1ncc(-c2ccnc(C(C)(C)S(C)(=O)=O)c2)nc1-c1cc(-c2ccccc2)no1.[HH].[HH].[HH].[HH]. The van der Waals surface area contributed by atoms with Gasteiger partial charge in [0.15, 0.2) is 37.0 Å². The van der Waals surface area contributed by atoms with Gasteiger partial charge in [-0.15, -0.1) is 11.3 Å². The molecule has 12 heterocycles. The minimum absolute atomic E-state index is 0. The molecule has 99 heavy (non-hydrogen) atoms. The van der Waals surface area contributed by atoms with E-state index in [0.717, 1.165) is 75.7 Å². The maximum absolute atomic E-state index is 13.5. The van der Waals surface area contributed by atoms with Gasteiger partial charge >= 0.3 is 0 Å². The maximum atomic E-state index is 13.5. The number of aromatic nitrogens is 12. The molecule has 10 aromatic heterocycles. The third-order valence-corrected chi connectivity index (χ3v) is 24.3. The number of hydrogen-bond donors (Lipinski definition) is 2. The Bertz CT molecular complexity index is 5180. The molecule has 2 aliphatic rings. The van der Waals surface area contributed by atoms with Gasteiger partial charge in [0.25, 0.3) is 0 Å². The lowest BCUT2D eigenvalue weighted by Gasteiger charge is -2.32. The average molecular weight is 1390 g/mol. The van der Waals surface area contributed by atoms with E-state index in [4.69, 9.17) is 28.5 Å². The van der Waals surface area contributed by atoms with Gasteiger partial charge in [-0.25, -0.2) is 31.8 Å². The molecular formula is C74H81N15O7S3. The molecule has 512 valence electrons. The fourth-order valence-electron chi connectivity index (χ4n) is 11.7. The van der Waals surface area contributed by atoms with Crippen LogP contribution in [0.2, 0.25) is 0 Å². The van der Waals surface area contributed by atoms with Crippen LogP contribution in [0.15, 0.2) is 177 Å². The van der Waals surface area contributed by atoms with Gasteiger partial charge in [-0.3, -0.25) is 29.9 Å². The number of thiophene rings is 1.